The Kier molecular flexibility index (Phi) is 10.9. The minimum Gasteiger partial charge on any atom is -1.00 e. The van der Waals surface area contributed by atoms with E-state index in [4.69, 9.17) is 16.3 Å². The molecule has 0 radical (unpaired) electrons. The highest BCUT2D eigenvalue weighted by Gasteiger charge is 2.31. The highest BCUT2D eigenvalue weighted by atomic mass is 127. The van der Waals surface area contributed by atoms with Crippen LogP contribution in [0.5, 0.6) is 0 Å². The molecule has 2 aromatic heterocycles. The number of halogens is 2. The molecule has 0 aliphatic carbocycles. The third kappa shape index (κ3) is 7.06. The summed E-state index contributed by atoms with van der Waals surface area (Å²) in [6.45, 7) is 5.86. The molecule has 0 amide bonds. The standard InChI is InChI=1S/C25H23ClNO3S2.HI/c1-4-6-15-31-25-22(27-13-11-17(3)12-14-27)20(16-21(28)30-5-2)24(32-25)23(29)18-7-9-19(26)10-8-18;/h7-14H,5,15-16H2,1-3H3;1H/q+1;/p-1. The molecule has 1 aromatic carbocycles. The van der Waals surface area contributed by atoms with Crippen LogP contribution in [0.15, 0.2) is 53.0 Å². The number of thiophene rings is 1. The van der Waals surface area contributed by atoms with Crippen LogP contribution in [0, 0.1) is 18.8 Å². The number of rotatable bonds is 8. The first-order valence-electron chi connectivity index (χ1n) is 10.1. The molecule has 0 unspecified atom stereocenters. The van der Waals surface area contributed by atoms with Crippen LogP contribution in [-0.4, -0.2) is 24.1 Å². The molecule has 2 heterocycles. The number of benzene rings is 1. The number of nitrogens with zero attached hydrogens (tertiary/aromatic N) is 1. The van der Waals surface area contributed by atoms with E-state index in [1.165, 1.54) is 11.3 Å². The topological polar surface area (TPSA) is 47.3 Å². The van der Waals surface area contributed by atoms with Gasteiger partial charge in [0, 0.05) is 22.7 Å². The minimum atomic E-state index is -0.366. The number of aryl methyl sites for hydroxylation is 1. The van der Waals surface area contributed by atoms with Crippen molar-refractivity contribution in [2.45, 2.75) is 31.4 Å². The zero-order valence-electron chi connectivity index (χ0n) is 18.5. The van der Waals surface area contributed by atoms with Crippen molar-refractivity contribution in [3.63, 3.8) is 0 Å². The molecule has 0 aliphatic heterocycles. The van der Waals surface area contributed by atoms with Gasteiger partial charge in [0.2, 0.25) is 11.5 Å². The fourth-order valence-electron chi connectivity index (χ4n) is 3.05. The summed E-state index contributed by atoms with van der Waals surface area (Å²) in [4.78, 5) is 26.5. The van der Waals surface area contributed by atoms with E-state index < -0.39 is 0 Å². The average Bonchev–Trinajstić information content (AvgIpc) is 3.12. The van der Waals surface area contributed by atoms with Crippen molar-refractivity contribution in [3.8, 4) is 17.5 Å². The second kappa shape index (κ2) is 13.1. The number of hydrogen-bond donors (Lipinski definition) is 0. The molecule has 0 saturated heterocycles. The minimum absolute atomic E-state index is 0. The maximum absolute atomic E-state index is 13.5. The number of ether oxygens (including phenoxy) is 1. The van der Waals surface area contributed by atoms with Gasteiger partial charge in [-0.3, -0.25) is 9.59 Å². The van der Waals surface area contributed by atoms with Gasteiger partial charge < -0.3 is 28.7 Å². The van der Waals surface area contributed by atoms with Gasteiger partial charge in [-0.15, -0.1) is 17.3 Å². The zero-order chi connectivity index (χ0) is 23.1. The van der Waals surface area contributed by atoms with Crippen molar-refractivity contribution in [2.75, 3.05) is 12.4 Å². The number of esters is 1. The first-order valence-corrected chi connectivity index (χ1v) is 12.2. The van der Waals surface area contributed by atoms with Crippen LogP contribution >= 0.6 is 34.7 Å². The number of carbonyl (C=O) groups excluding carboxylic acids is 2. The Morgan fingerprint density at radius 1 is 1.15 bits per heavy atom. The first kappa shape index (κ1) is 27.4. The van der Waals surface area contributed by atoms with E-state index >= 15 is 0 Å². The summed E-state index contributed by atoms with van der Waals surface area (Å²) in [5.41, 5.74) is 3.12. The molecule has 33 heavy (non-hydrogen) atoms. The molecule has 0 N–H and O–H groups in total. The molecule has 0 atom stereocenters. The van der Waals surface area contributed by atoms with Crippen LogP contribution in [0.1, 0.15) is 40.2 Å². The van der Waals surface area contributed by atoms with Crippen LogP contribution in [0.3, 0.4) is 0 Å². The largest absolute Gasteiger partial charge is 1.00 e. The van der Waals surface area contributed by atoms with Crippen molar-refractivity contribution in [1.82, 2.24) is 0 Å². The number of carbonyl (C=O) groups is 2. The molecular formula is C25H23ClINO3S2. The van der Waals surface area contributed by atoms with Crippen LogP contribution in [0.4, 0.5) is 0 Å². The molecule has 0 bridgehead atoms. The molecule has 0 saturated carbocycles. The van der Waals surface area contributed by atoms with Crippen LogP contribution in [-0.2, 0) is 16.0 Å². The van der Waals surface area contributed by atoms with E-state index in [1.54, 1.807) is 49.9 Å². The van der Waals surface area contributed by atoms with Crippen molar-refractivity contribution < 1.29 is 42.9 Å². The second-order valence-corrected chi connectivity index (χ2v) is 9.56. The molecule has 8 heteroatoms. The molecule has 3 rings (SSSR count). The fraction of sp³-hybridized carbons (Fsp3) is 0.240. The lowest BCUT2D eigenvalue weighted by Gasteiger charge is -2.06. The quantitative estimate of drug-likeness (QED) is 0.0981. The van der Waals surface area contributed by atoms with Crippen molar-refractivity contribution >= 4 is 46.5 Å². The Balaban J connectivity index is 0.00000385. The Hall–Kier alpha value is -1.86. The number of aromatic nitrogens is 1. The summed E-state index contributed by atoms with van der Waals surface area (Å²) < 4.78 is 8.10. The van der Waals surface area contributed by atoms with Gasteiger partial charge in [0.05, 0.1) is 29.2 Å². The van der Waals surface area contributed by atoms with Gasteiger partial charge >= 0.3 is 5.97 Å². The fourth-order valence-corrected chi connectivity index (χ4v) is 5.57. The zero-order valence-corrected chi connectivity index (χ0v) is 23.0. The lowest BCUT2D eigenvalue weighted by Crippen LogP contribution is -3.00. The summed E-state index contributed by atoms with van der Waals surface area (Å²) in [6.07, 6.45) is 3.89. The van der Waals surface area contributed by atoms with E-state index in [2.05, 4.69) is 11.8 Å². The normalized spacial score (nSPS) is 10.1. The molecule has 4 nitrogen and oxygen atoms in total. The van der Waals surface area contributed by atoms with Gasteiger partial charge in [0.25, 0.3) is 0 Å². The van der Waals surface area contributed by atoms with Crippen molar-refractivity contribution in [1.29, 1.82) is 0 Å². The summed E-state index contributed by atoms with van der Waals surface area (Å²) in [5, 5.41) is 0.560. The highest BCUT2D eigenvalue weighted by molar-refractivity contribution is 8.01. The Labute approximate surface area is 224 Å². The van der Waals surface area contributed by atoms with E-state index in [9.17, 15) is 9.59 Å². The highest BCUT2D eigenvalue weighted by Crippen LogP contribution is 2.38. The van der Waals surface area contributed by atoms with Gasteiger partial charge in [-0.25, -0.2) is 0 Å². The molecule has 0 spiro atoms. The third-order valence-corrected chi connectivity index (χ3v) is 7.21. The lowest BCUT2D eigenvalue weighted by atomic mass is 10.0. The molecule has 0 fully saturated rings. The molecular weight excluding hydrogens is 589 g/mol. The number of thioether (sulfide) groups is 1. The van der Waals surface area contributed by atoms with Crippen LogP contribution < -0.4 is 28.5 Å². The smallest absolute Gasteiger partial charge is 0.310 e. The Bertz CT molecular complexity index is 1180. The Morgan fingerprint density at radius 3 is 2.42 bits per heavy atom. The summed E-state index contributed by atoms with van der Waals surface area (Å²) in [6, 6.07) is 10.8. The molecule has 3 aromatic rings. The summed E-state index contributed by atoms with van der Waals surface area (Å²) in [7, 11) is 0. The van der Waals surface area contributed by atoms with E-state index in [1.807, 2.05) is 36.0 Å². The monoisotopic (exact) mass is 611 g/mol. The summed E-state index contributed by atoms with van der Waals surface area (Å²) in [5.74, 6) is 6.04. The predicted molar refractivity (Wildman–Crippen MR) is 130 cm³/mol. The number of hydrogen-bond acceptors (Lipinski definition) is 5. The van der Waals surface area contributed by atoms with Gasteiger partial charge in [-0.2, -0.15) is 4.57 Å². The van der Waals surface area contributed by atoms with Crippen molar-refractivity contribution in [3.05, 3.63) is 75.4 Å². The van der Waals surface area contributed by atoms with Gasteiger partial charge in [0.1, 0.15) is 4.21 Å². The van der Waals surface area contributed by atoms with Crippen LogP contribution in [0.25, 0.3) is 5.69 Å². The second-order valence-electron chi connectivity index (χ2n) is 6.86. The maximum Gasteiger partial charge on any atom is 0.310 e. The molecule has 172 valence electrons. The SMILES string of the molecule is CC#CCSc1sc(C(=O)c2ccc(Cl)cc2)c(CC(=O)OCC)c1-[n+]1ccc(C)cc1.[I-]. The predicted octanol–water partition coefficient (Wildman–Crippen LogP) is 2.44. The third-order valence-electron chi connectivity index (χ3n) is 4.59. The lowest BCUT2D eigenvalue weighted by molar-refractivity contribution is -0.598. The first-order chi connectivity index (χ1) is 15.4. The number of pyridine rings is 1. The van der Waals surface area contributed by atoms with E-state index in [-0.39, 0.29) is 48.8 Å². The Morgan fingerprint density at radius 2 is 1.82 bits per heavy atom. The maximum atomic E-state index is 13.5. The van der Waals surface area contributed by atoms with E-state index in [0.717, 1.165) is 15.5 Å². The van der Waals surface area contributed by atoms with Gasteiger partial charge in [-0.05, 0) is 50.6 Å². The van der Waals surface area contributed by atoms with Gasteiger partial charge in [-0.1, -0.05) is 29.3 Å². The number of ketones is 1. The summed E-state index contributed by atoms with van der Waals surface area (Å²) >= 11 is 8.95. The van der Waals surface area contributed by atoms with E-state index in [0.29, 0.717) is 26.8 Å². The average molecular weight is 612 g/mol. The van der Waals surface area contributed by atoms with Gasteiger partial charge in [0.15, 0.2) is 12.4 Å². The van der Waals surface area contributed by atoms with Crippen LogP contribution in [0.2, 0.25) is 5.02 Å². The molecule has 0 aliphatic rings. The van der Waals surface area contributed by atoms with Crippen molar-refractivity contribution in [2.24, 2.45) is 0 Å².